The summed E-state index contributed by atoms with van der Waals surface area (Å²) in [7, 11) is -3.46. The molecule has 2 aromatic carbocycles. The van der Waals surface area contributed by atoms with E-state index in [2.05, 4.69) is 21.2 Å². The van der Waals surface area contributed by atoms with Crippen LogP contribution in [0.25, 0.3) is 0 Å². The molecule has 5 nitrogen and oxygen atoms in total. The fraction of sp³-hybridized carbons (Fsp3) is 0.235. The number of benzene rings is 2. The summed E-state index contributed by atoms with van der Waals surface area (Å²) in [6.45, 7) is 1.80. The minimum Gasteiger partial charge on any atom is -0.346 e. The third kappa shape index (κ3) is 4.37. The summed E-state index contributed by atoms with van der Waals surface area (Å²) < 4.78 is 27.7. The van der Waals surface area contributed by atoms with Crippen LogP contribution in [0.3, 0.4) is 0 Å². The van der Waals surface area contributed by atoms with E-state index in [1.54, 1.807) is 36.4 Å². The Labute approximate surface area is 172 Å². The van der Waals surface area contributed by atoms with Gasteiger partial charge in [-0.05, 0) is 42.5 Å². The second kappa shape index (κ2) is 8.22. The lowest BCUT2D eigenvalue weighted by atomic mass is 10.3. The third-order valence-electron chi connectivity index (χ3n) is 4.08. The van der Waals surface area contributed by atoms with Crippen molar-refractivity contribution in [2.24, 2.45) is 0 Å². The monoisotopic (exact) mass is 473 g/mol. The van der Waals surface area contributed by atoms with E-state index in [0.29, 0.717) is 41.2 Å². The Morgan fingerprint density at radius 2 is 1.73 bits per heavy atom. The summed E-state index contributed by atoms with van der Waals surface area (Å²) in [5, 5.41) is 4.22. The summed E-state index contributed by atoms with van der Waals surface area (Å²) in [4.78, 5) is 2.26. The Morgan fingerprint density at radius 3 is 2.35 bits per heavy atom. The van der Waals surface area contributed by atoms with Crippen LogP contribution in [0.2, 0.25) is 5.02 Å². The smallest absolute Gasteiger partial charge is 0.243 e. The van der Waals surface area contributed by atoms with Gasteiger partial charge in [0.1, 0.15) is 0 Å². The van der Waals surface area contributed by atoms with Gasteiger partial charge < -0.3 is 10.2 Å². The lowest BCUT2D eigenvalue weighted by Crippen LogP contribution is -2.51. The van der Waals surface area contributed by atoms with Crippen molar-refractivity contribution < 1.29 is 8.42 Å². The molecule has 9 heteroatoms. The number of nitrogens with zero attached hydrogens (tertiary/aromatic N) is 2. The van der Waals surface area contributed by atoms with Crippen LogP contribution in [0.4, 0.5) is 5.69 Å². The molecule has 26 heavy (non-hydrogen) atoms. The van der Waals surface area contributed by atoms with Gasteiger partial charge in [-0.1, -0.05) is 45.7 Å². The quantitative estimate of drug-likeness (QED) is 0.686. The lowest BCUT2D eigenvalue weighted by Gasteiger charge is -2.35. The summed E-state index contributed by atoms with van der Waals surface area (Å²) >= 11 is 15.0. The lowest BCUT2D eigenvalue weighted by molar-refractivity contribution is 0.268. The van der Waals surface area contributed by atoms with Gasteiger partial charge in [0.2, 0.25) is 10.0 Å². The molecule has 0 aromatic heterocycles. The molecule has 0 radical (unpaired) electrons. The van der Waals surface area contributed by atoms with Crippen molar-refractivity contribution in [3.63, 3.8) is 0 Å². The van der Waals surface area contributed by atoms with Crippen LogP contribution >= 0.6 is 39.7 Å². The maximum Gasteiger partial charge on any atom is 0.243 e. The minimum atomic E-state index is -3.46. The van der Waals surface area contributed by atoms with Crippen LogP contribution in [0.5, 0.6) is 0 Å². The van der Waals surface area contributed by atoms with Gasteiger partial charge in [0.25, 0.3) is 0 Å². The van der Waals surface area contributed by atoms with E-state index in [1.165, 1.54) is 4.31 Å². The van der Waals surface area contributed by atoms with Crippen LogP contribution in [0.15, 0.2) is 57.9 Å². The van der Waals surface area contributed by atoms with Gasteiger partial charge in [-0.25, -0.2) is 8.42 Å². The van der Waals surface area contributed by atoms with Crippen molar-refractivity contribution in [3.8, 4) is 0 Å². The number of anilines is 1. The first-order valence-electron chi connectivity index (χ1n) is 7.94. The van der Waals surface area contributed by atoms with Crippen LogP contribution in [-0.2, 0) is 10.0 Å². The first-order valence-corrected chi connectivity index (χ1v) is 11.0. The van der Waals surface area contributed by atoms with Crippen molar-refractivity contribution in [1.29, 1.82) is 0 Å². The predicted molar refractivity (Wildman–Crippen MR) is 112 cm³/mol. The number of nitrogens with one attached hydrogen (secondary N) is 1. The van der Waals surface area contributed by atoms with Gasteiger partial charge in [0.05, 0.1) is 15.6 Å². The number of halogens is 2. The van der Waals surface area contributed by atoms with E-state index in [9.17, 15) is 8.42 Å². The molecule has 0 spiro atoms. The first-order chi connectivity index (χ1) is 12.4. The molecule has 2 aromatic rings. The van der Waals surface area contributed by atoms with Crippen LogP contribution in [-0.4, -0.2) is 48.9 Å². The summed E-state index contributed by atoms with van der Waals surface area (Å²) in [6.07, 6.45) is 0. The molecule has 1 N–H and O–H groups in total. The van der Waals surface area contributed by atoms with E-state index < -0.39 is 10.0 Å². The van der Waals surface area contributed by atoms with Gasteiger partial charge in [-0.2, -0.15) is 4.31 Å². The Bertz CT molecular complexity index is 901. The first kappa shape index (κ1) is 19.6. The molecule has 1 fully saturated rings. The Balaban J connectivity index is 1.62. The van der Waals surface area contributed by atoms with Gasteiger partial charge in [-0.15, -0.1) is 0 Å². The largest absolute Gasteiger partial charge is 0.346 e. The minimum absolute atomic E-state index is 0.316. The Kier molecular flexibility index (Phi) is 6.19. The number of rotatable bonds is 3. The fourth-order valence-electron chi connectivity index (χ4n) is 2.66. The second-order valence-electron chi connectivity index (χ2n) is 5.76. The third-order valence-corrected chi connectivity index (χ3v) is 7.16. The Morgan fingerprint density at radius 1 is 1.08 bits per heavy atom. The highest BCUT2D eigenvalue weighted by Crippen LogP contribution is 2.26. The molecule has 1 saturated heterocycles. The molecule has 1 heterocycles. The predicted octanol–water partition coefficient (Wildman–Crippen LogP) is 3.81. The molecule has 0 aliphatic carbocycles. The zero-order valence-corrected chi connectivity index (χ0v) is 17.7. The highest BCUT2D eigenvalue weighted by molar-refractivity contribution is 9.10. The number of hydrogen-bond donors (Lipinski definition) is 1. The second-order valence-corrected chi connectivity index (χ2v) is 9.41. The fourth-order valence-corrected chi connectivity index (χ4v) is 5.11. The molecule has 138 valence electrons. The van der Waals surface area contributed by atoms with E-state index in [4.69, 9.17) is 23.8 Å². The molecule has 0 atom stereocenters. The SMILES string of the molecule is O=S(=O)(c1ccccc1)N1CCN(C(=S)Nc2ccc(Br)cc2Cl)CC1. The van der Waals surface area contributed by atoms with Crippen LogP contribution < -0.4 is 5.32 Å². The average molecular weight is 475 g/mol. The zero-order chi connectivity index (χ0) is 18.7. The molecule has 3 rings (SSSR count). The highest BCUT2D eigenvalue weighted by atomic mass is 79.9. The van der Waals surface area contributed by atoms with Gasteiger partial charge in [0, 0.05) is 30.7 Å². The number of piperazine rings is 1. The van der Waals surface area contributed by atoms with Gasteiger partial charge in [-0.3, -0.25) is 0 Å². The van der Waals surface area contributed by atoms with Crippen molar-refractivity contribution in [2.75, 3.05) is 31.5 Å². The van der Waals surface area contributed by atoms with E-state index in [1.807, 2.05) is 17.0 Å². The van der Waals surface area contributed by atoms with Gasteiger partial charge in [0.15, 0.2) is 5.11 Å². The molecule has 0 amide bonds. The van der Waals surface area contributed by atoms with Crippen molar-refractivity contribution in [3.05, 3.63) is 58.0 Å². The number of sulfonamides is 1. The molecule has 0 unspecified atom stereocenters. The highest BCUT2D eigenvalue weighted by Gasteiger charge is 2.29. The maximum atomic E-state index is 12.7. The molecule has 0 saturated carbocycles. The molecular formula is C17H17BrClN3O2S2. The molecule has 1 aliphatic heterocycles. The standard InChI is InChI=1S/C17H17BrClN3O2S2/c18-13-6-7-16(15(19)12-13)20-17(25)21-8-10-22(11-9-21)26(23,24)14-4-2-1-3-5-14/h1-7,12H,8-11H2,(H,20,25). The van der Waals surface area contributed by atoms with E-state index in [-0.39, 0.29) is 0 Å². The summed E-state index contributed by atoms with van der Waals surface area (Å²) in [5.41, 5.74) is 0.721. The van der Waals surface area contributed by atoms with Crippen molar-refractivity contribution in [1.82, 2.24) is 9.21 Å². The maximum absolute atomic E-state index is 12.7. The van der Waals surface area contributed by atoms with Crippen LogP contribution in [0.1, 0.15) is 0 Å². The summed E-state index contributed by atoms with van der Waals surface area (Å²) in [5.74, 6) is 0. The molecular weight excluding hydrogens is 458 g/mol. The molecule has 0 bridgehead atoms. The normalized spacial score (nSPS) is 15.7. The van der Waals surface area contributed by atoms with Gasteiger partial charge >= 0.3 is 0 Å². The number of thiocarbonyl (C=S) groups is 1. The van der Waals surface area contributed by atoms with Crippen molar-refractivity contribution in [2.45, 2.75) is 4.90 Å². The zero-order valence-electron chi connectivity index (χ0n) is 13.7. The summed E-state index contributed by atoms with van der Waals surface area (Å²) in [6, 6.07) is 14.0. The topological polar surface area (TPSA) is 52.7 Å². The average Bonchev–Trinajstić information content (AvgIpc) is 2.65. The Hall–Kier alpha value is -1.19. The van der Waals surface area contributed by atoms with Crippen molar-refractivity contribution >= 4 is 60.6 Å². The molecule has 1 aliphatic rings. The van der Waals surface area contributed by atoms with E-state index in [0.717, 1.165) is 10.2 Å². The number of hydrogen-bond acceptors (Lipinski definition) is 3. The van der Waals surface area contributed by atoms with E-state index >= 15 is 0 Å². The van der Waals surface area contributed by atoms with Crippen LogP contribution in [0, 0.1) is 0 Å².